The second kappa shape index (κ2) is 4.01. The van der Waals surface area contributed by atoms with E-state index in [0.29, 0.717) is 18.4 Å². The minimum absolute atomic E-state index is 0.133. The Morgan fingerprint density at radius 3 is 2.25 bits per heavy atom. The van der Waals surface area contributed by atoms with Crippen molar-refractivity contribution >= 4 is 27.7 Å². The quantitative estimate of drug-likeness (QED) is 0.486. The summed E-state index contributed by atoms with van der Waals surface area (Å²) in [6.07, 6.45) is 1.18. The fraction of sp³-hybridized carbons (Fsp3) is 0.333. The molecule has 1 saturated carbocycles. The maximum Gasteiger partial charge on any atom is 0.319 e. The standard InChI is InChI=1S/C12H11BrO3/c1-16-11(15)12(6-7-12)10(14)8-2-4-9(13)5-3-8/h2-5H,6-7H2,1H3. The fourth-order valence-electron chi connectivity index (χ4n) is 1.72. The maximum absolute atomic E-state index is 12.1. The Morgan fingerprint density at radius 1 is 1.25 bits per heavy atom. The molecule has 2 rings (SSSR count). The number of ketones is 1. The van der Waals surface area contributed by atoms with Crippen molar-refractivity contribution in [2.45, 2.75) is 12.8 Å². The first-order valence-electron chi connectivity index (χ1n) is 4.99. The summed E-state index contributed by atoms with van der Waals surface area (Å²) in [5.74, 6) is -0.549. The number of benzene rings is 1. The average Bonchev–Trinajstić information content (AvgIpc) is 3.09. The minimum Gasteiger partial charge on any atom is -0.468 e. The highest BCUT2D eigenvalue weighted by Gasteiger charge is 2.57. The predicted octanol–water partition coefficient (Wildman–Crippen LogP) is 2.59. The number of carbonyl (C=O) groups excluding carboxylic acids is 2. The number of methoxy groups -OCH3 is 1. The van der Waals surface area contributed by atoms with Gasteiger partial charge in [0.15, 0.2) is 5.78 Å². The normalized spacial score (nSPS) is 16.6. The molecule has 1 aliphatic rings. The Bertz CT molecular complexity index is 432. The van der Waals surface area contributed by atoms with Crippen LogP contribution in [0, 0.1) is 5.41 Å². The summed E-state index contributed by atoms with van der Waals surface area (Å²) >= 11 is 3.30. The zero-order valence-electron chi connectivity index (χ0n) is 8.83. The van der Waals surface area contributed by atoms with Crippen LogP contribution in [0.3, 0.4) is 0 Å². The van der Waals surface area contributed by atoms with Gasteiger partial charge in [-0.25, -0.2) is 0 Å². The molecule has 0 heterocycles. The summed E-state index contributed by atoms with van der Waals surface area (Å²) in [5.41, 5.74) is -0.339. The highest BCUT2D eigenvalue weighted by atomic mass is 79.9. The summed E-state index contributed by atoms with van der Waals surface area (Å²) in [7, 11) is 1.32. The van der Waals surface area contributed by atoms with Gasteiger partial charge in [-0.15, -0.1) is 0 Å². The molecule has 84 valence electrons. The van der Waals surface area contributed by atoms with Crippen LogP contribution in [-0.4, -0.2) is 18.9 Å². The highest BCUT2D eigenvalue weighted by Crippen LogP contribution is 2.49. The molecule has 1 aromatic rings. The summed E-state index contributed by atoms with van der Waals surface area (Å²) in [4.78, 5) is 23.6. The van der Waals surface area contributed by atoms with Gasteiger partial charge in [-0.1, -0.05) is 28.1 Å². The molecule has 1 aliphatic carbocycles. The second-order valence-electron chi connectivity index (χ2n) is 3.91. The van der Waals surface area contributed by atoms with Crippen molar-refractivity contribution < 1.29 is 14.3 Å². The van der Waals surface area contributed by atoms with Gasteiger partial charge in [0, 0.05) is 10.0 Å². The SMILES string of the molecule is COC(=O)C1(C(=O)c2ccc(Br)cc2)CC1. The van der Waals surface area contributed by atoms with Gasteiger partial charge in [0.1, 0.15) is 5.41 Å². The number of hydrogen-bond donors (Lipinski definition) is 0. The van der Waals surface area contributed by atoms with E-state index < -0.39 is 11.4 Å². The molecule has 16 heavy (non-hydrogen) atoms. The van der Waals surface area contributed by atoms with E-state index in [2.05, 4.69) is 20.7 Å². The Morgan fingerprint density at radius 2 is 1.81 bits per heavy atom. The third kappa shape index (κ3) is 1.78. The Kier molecular flexibility index (Phi) is 2.84. The molecule has 0 spiro atoms. The van der Waals surface area contributed by atoms with Gasteiger partial charge in [0.25, 0.3) is 0 Å². The van der Waals surface area contributed by atoms with Crippen molar-refractivity contribution in [3.63, 3.8) is 0 Å². The summed E-state index contributed by atoms with van der Waals surface area (Å²) in [6, 6.07) is 7.02. The number of carbonyl (C=O) groups is 2. The van der Waals surface area contributed by atoms with Crippen LogP contribution < -0.4 is 0 Å². The molecule has 0 saturated heterocycles. The van der Waals surface area contributed by atoms with E-state index in [1.54, 1.807) is 24.3 Å². The van der Waals surface area contributed by atoms with Crippen LogP contribution in [0.4, 0.5) is 0 Å². The van der Waals surface area contributed by atoms with Crippen LogP contribution in [-0.2, 0) is 9.53 Å². The zero-order valence-corrected chi connectivity index (χ0v) is 10.4. The van der Waals surface area contributed by atoms with Gasteiger partial charge in [0.2, 0.25) is 0 Å². The van der Waals surface area contributed by atoms with Crippen molar-refractivity contribution in [3.05, 3.63) is 34.3 Å². The molecule has 0 aliphatic heterocycles. The molecule has 0 atom stereocenters. The predicted molar refractivity (Wildman–Crippen MR) is 62.2 cm³/mol. The smallest absolute Gasteiger partial charge is 0.319 e. The lowest BCUT2D eigenvalue weighted by molar-refractivity contribution is -0.145. The highest BCUT2D eigenvalue weighted by molar-refractivity contribution is 9.10. The molecule has 0 unspecified atom stereocenters. The van der Waals surface area contributed by atoms with Crippen LogP contribution in [0.15, 0.2) is 28.7 Å². The van der Waals surface area contributed by atoms with Gasteiger partial charge in [-0.05, 0) is 25.0 Å². The van der Waals surface area contributed by atoms with E-state index in [1.807, 2.05) is 0 Å². The fourth-order valence-corrected chi connectivity index (χ4v) is 1.99. The number of ether oxygens (including phenoxy) is 1. The number of halogens is 1. The van der Waals surface area contributed by atoms with E-state index >= 15 is 0 Å². The average molecular weight is 283 g/mol. The van der Waals surface area contributed by atoms with Gasteiger partial charge in [0.05, 0.1) is 7.11 Å². The van der Waals surface area contributed by atoms with Gasteiger partial charge >= 0.3 is 5.97 Å². The summed E-state index contributed by atoms with van der Waals surface area (Å²) in [5, 5.41) is 0. The molecular weight excluding hydrogens is 272 g/mol. The first-order chi connectivity index (χ1) is 7.60. The second-order valence-corrected chi connectivity index (χ2v) is 4.83. The van der Waals surface area contributed by atoms with Crippen LogP contribution >= 0.6 is 15.9 Å². The third-order valence-corrected chi connectivity index (χ3v) is 3.40. The lowest BCUT2D eigenvalue weighted by Crippen LogP contribution is -2.27. The lowest BCUT2D eigenvalue weighted by Gasteiger charge is -2.11. The van der Waals surface area contributed by atoms with E-state index in [0.717, 1.165) is 4.47 Å². The molecule has 1 aromatic carbocycles. The Hall–Kier alpha value is -1.16. The number of rotatable bonds is 3. The van der Waals surface area contributed by atoms with Crippen molar-refractivity contribution in [1.82, 2.24) is 0 Å². The molecule has 0 N–H and O–H groups in total. The Labute approximate surface area is 102 Å². The van der Waals surface area contributed by atoms with Crippen LogP contribution in [0.2, 0.25) is 0 Å². The van der Waals surface area contributed by atoms with Crippen molar-refractivity contribution in [2.75, 3.05) is 7.11 Å². The summed E-state index contributed by atoms with van der Waals surface area (Å²) in [6.45, 7) is 0. The first-order valence-corrected chi connectivity index (χ1v) is 5.78. The largest absolute Gasteiger partial charge is 0.468 e. The molecule has 0 amide bonds. The monoisotopic (exact) mass is 282 g/mol. The zero-order chi connectivity index (χ0) is 11.8. The molecule has 0 aromatic heterocycles. The number of Topliss-reactive ketones (excluding diaryl/α,β-unsaturated/α-hetero) is 1. The van der Waals surface area contributed by atoms with Gasteiger partial charge in [-0.2, -0.15) is 0 Å². The lowest BCUT2D eigenvalue weighted by atomic mass is 9.95. The van der Waals surface area contributed by atoms with Crippen molar-refractivity contribution in [2.24, 2.45) is 5.41 Å². The van der Waals surface area contributed by atoms with Gasteiger partial charge < -0.3 is 4.74 Å². The van der Waals surface area contributed by atoms with Gasteiger partial charge in [-0.3, -0.25) is 9.59 Å². The molecule has 1 fully saturated rings. The third-order valence-electron chi connectivity index (χ3n) is 2.87. The molecule has 0 bridgehead atoms. The summed E-state index contributed by atoms with van der Waals surface area (Å²) < 4.78 is 5.58. The van der Waals surface area contributed by atoms with E-state index in [-0.39, 0.29) is 5.78 Å². The Balaban J connectivity index is 2.26. The molecule has 0 radical (unpaired) electrons. The topological polar surface area (TPSA) is 43.4 Å². The van der Waals surface area contributed by atoms with Crippen LogP contribution in [0.1, 0.15) is 23.2 Å². The van der Waals surface area contributed by atoms with E-state index in [9.17, 15) is 9.59 Å². The molecule has 4 heteroatoms. The molecular formula is C12H11BrO3. The first kappa shape index (κ1) is 11.3. The van der Waals surface area contributed by atoms with Crippen molar-refractivity contribution in [3.8, 4) is 0 Å². The van der Waals surface area contributed by atoms with Crippen LogP contribution in [0.5, 0.6) is 0 Å². The van der Waals surface area contributed by atoms with Crippen molar-refractivity contribution in [1.29, 1.82) is 0 Å². The van der Waals surface area contributed by atoms with E-state index in [4.69, 9.17) is 0 Å². The van der Waals surface area contributed by atoms with E-state index in [1.165, 1.54) is 7.11 Å². The minimum atomic E-state index is -0.900. The molecule has 3 nitrogen and oxygen atoms in total. The number of hydrogen-bond acceptors (Lipinski definition) is 3. The maximum atomic E-state index is 12.1. The number of esters is 1. The van der Waals surface area contributed by atoms with Crippen LogP contribution in [0.25, 0.3) is 0 Å².